The number of hydrogen-bond donors (Lipinski definition) is 1. The van der Waals surface area contributed by atoms with E-state index in [0.717, 1.165) is 38.5 Å². The van der Waals surface area contributed by atoms with Crippen LogP contribution in [-0.2, 0) is 19.6 Å². The minimum atomic E-state index is -3.55. The molecule has 8 heteroatoms. The minimum Gasteiger partial charge on any atom is -0.449 e. The highest BCUT2D eigenvalue weighted by atomic mass is 32.2. The Morgan fingerprint density at radius 2 is 1.67 bits per heavy atom. The number of esters is 1. The Bertz CT molecular complexity index is 847. The number of rotatable bonds is 6. The molecule has 0 spiro atoms. The summed E-state index contributed by atoms with van der Waals surface area (Å²) in [7, 11) is -3.55. The average Bonchev–Trinajstić information content (AvgIpc) is 2.76. The molecule has 1 N–H and O–H groups in total. The highest BCUT2D eigenvalue weighted by molar-refractivity contribution is 7.89. The molecule has 7 nitrogen and oxygen atoms in total. The highest BCUT2D eigenvalue weighted by Crippen LogP contribution is 2.24. The minimum absolute atomic E-state index is 0.117. The molecule has 1 aliphatic carbocycles. The summed E-state index contributed by atoms with van der Waals surface area (Å²) >= 11 is 0. The number of carbonyl (C=O) groups is 2. The van der Waals surface area contributed by atoms with Crippen LogP contribution in [0, 0.1) is 5.92 Å². The number of carbonyl (C=O) groups excluding carboxylic acids is 2. The maximum absolute atomic E-state index is 12.7. The second kappa shape index (κ2) is 9.92. The molecular weight excluding hydrogens is 404 g/mol. The van der Waals surface area contributed by atoms with Crippen LogP contribution in [-0.4, -0.2) is 49.8 Å². The van der Waals surface area contributed by atoms with E-state index in [2.05, 4.69) is 12.2 Å². The van der Waals surface area contributed by atoms with Crippen molar-refractivity contribution in [2.75, 3.05) is 13.1 Å². The molecular formula is C22H32N2O5S. The lowest BCUT2D eigenvalue weighted by Gasteiger charge is -2.30. The molecule has 3 atom stereocenters. The number of sulfonamides is 1. The van der Waals surface area contributed by atoms with Crippen LogP contribution in [0.4, 0.5) is 0 Å². The van der Waals surface area contributed by atoms with Crippen molar-refractivity contribution in [3.05, 3.63) is 29.8 Å². The number of nitrogens with one attached hydrogen (secondary N) is 1. The van der Waals surface area contributed by atoms with E-state index in [1.807, 2.05) is 0 Å². The van der Waals surface area contributed by atoms with Crippen molar-refractivity contribution in [1.82, 2.24) is 9.62 Å². The van der Waals surface area contributed by atoms with Gasteiger partial charge in [-0.15, -0.1) is 0 Å². The van der Waals surface area contributed by atoms with E-state index in [9.17, 15) is 18.0 Å². The van der Waals surface area contributed by atoms with Crippen molar-refractivity contribution < 1.29 is 22.7 Å². The molecule has 1 aromatic carbocycles. The number of piperidine rings is 1. The van der Waals surface area contributed by atoms with Gasteiger partial charge in [0.2, 0.25) is 10.0 Å². The van der Waals surface area contributed by atoms with Gasteiger partial charge in [-0.1, -0.05) is 26.2 Å². The predicted molar refractivity (Wildman–Crippen MR) is 113 cm³/mol. The Kier molecular flexibility index (Phi) is 7.52. The maximum Gasteiger partial charge on any atom is 0.338 e. The maximum atomic E-state index is 12.7. The molecule has 1 saturated heterocycles. The summed E-state index contributed by atoms with van der Waals surface area (Å²) in [4.78, 5) is 25.0. The summed E-state index contributed by atoms with van der Waals surface area (Å²) in [6.07, 6.45) is 6.17. The molecule has 0 bridgehead atoms. The normalized spacial score (nSPS) is 24.1. The molecule has 30 heavy (non-hydrogen) atoms. The van der Waals surface area contributed by atoms with Crippen molar-refractivity contribution in [1.29, 1.82) is 0 Å². The van der Waals surface area contributed by atoms with Crippen LogP contribution in [0.15, 0.2) is 29.2 Å². The molecule has 1 amide bonds. The molecule has 1 heterocycles. The van der Waals surface area contributed by atoms with Gasteiger partial charge in [-0.05, 0) is 62.8 Å². The smallest absolute Gasteiger partial charge is 0.338 e. The lowest BCUT2D eigenvalue weighted by atomic mass is 9.86. The second-order valence-electron chi connectivity index (χ2n) is 8.41. The second-order valence-corrected chi connectivity index (χ2v) is 10.4. The number of benzene rings is 1. The zero-order chi connectivity index (χ0) is 21.7. The Balaban J connectivity index is 1.58. The Labute approximate surface area is 179 Å². The van der Waals surface area contributed by atoms with E-state index in [1.165, 1.54) is 35.0 Å². The third-order valence-electron chi connectivity index (χ3n) is 6.14. The monoisotopic (exact) mass is 436 g/mol. The van der Waals surface area contributed by atoms with Gasteiger partial charge < -0.3 is 10.1 Å². The number of hydrogen-bond acceptors (Lipinski definition) is 5. The van der Waals surface area contributed by atoms with Crippen LogP contribution in [0.3, 0.4) is 0 Å². The average molecular weight is 437 g/mol. The van der Waals surface area contributed by atoms with E-state index in [0.29, 0.717) is 19.0 Å². The van der Waals surface area contributed by atoms with Crippen LogP contribution in [0.25, 0.3) is 0 Å². The molecule has 2 fully saturated rings. The zero-order valence-electron chi connectivity index (χ0n) is 17.8. The topological polar surface area (TPSA) is 92.8 Å². The highest BCUT2D eigenvalue weighted by Gasteiger charge is 2.28. The van der Waals surface area contributed by atoms with Gasteiger partial charge in [-0.3, -0.25) is 4.79 Å². The van der Waals surface area contributed by atoms with Crippen LogP contribution < -0.4 is 5.32 Å². The molecule has 1 aromatic rings. The standard InChI is InChI=1S/C22H32N2O5S/c1-16-8-4-5-9-20(16)23-21(25)17(2)29-22(26)18-10-12-19(13-11-18)30(27,28)24-14-6-3-7-15-24/h10-13,16-17,20H,3-9,14-15H2,1-2H3,(H,23,25)/t16-,17-,20+/m1/s1. The van der Waals surface area contributed by atoms with Crippen molar-refractivity contribution in [2.24, 2.45) is 5.92 Å². The van der Waals surface area contributed by atoms with E-state index >= 15 is 0 Å². The van der Waals surface area contributed by atoms with Gasteiger partial charge in [-0.2, -0.15) is 4.31 Å². The van der Waals surface area contributed by atoms with Crippen LogP contribution in [0.5, 0.6) is 0 Å². The fourth-order valence-electron chi connectivity index (χ4n) is 4.13. The lowest BCUT2D eigenvalue weighted by molar-refractivity contribution is -0.130. The fraction of sp³-hybridized carbons (Fsp3) is 0.636. The number of amides is 1. The van der Waals surface area contributed by atoms with E-state index < -0.39 is 22.1 Å². The molecule has 0 radical (unpaired) electrons. The van der Waals surface area contributed by atoms with Crippen LogP contribution in [0.2, 0.25) is 0 Å². The molecule has 1 aliphatic heterocycles. The van der Waals surface area contributed by atoms with Gasteiger partial charge in [0, 0.05) is 19.1 Å². The fourth-order valence-corrected chi connectivity index (χ4v) is 5.65. The van der Waals surface area contributed by atoms with E-state index in [1.54, 1.807) is 6.92 Å². The Hall–Kier alpha value is -1.93. The van der Waals surface area contributed by atoms with Crippen molar-refractivity contribution in [3.63, 3.8) is 0 Å². The van der Waals surface area contributed by atoms with Crippen molar-refractivity contribution >= 4 is 21.9 Å². The van der Waals surface area contributed by atoms with Gasteiger partial charge in [0.1, 0.15) is 0 Å². The van der Waals surface area contributed by atoms with E-state index in [4.69, 9.17) is 4.74 Å². The first kappa shape index (κ1) is 22.7. The summed E-state index contributed by atoms with van der Waals surface area (Å²) in [5, 5.41) is 2.99. The number of ether oxygens (including phenoxy) is 1. The third-order valence-corrected chi connectivity index (χ3v) is 8.05. The Morgan fingerprint density at radius 3 is 2.30 bits per heavy atom. The summed E-state index contributed by atoms with van der Waals surface area (Å²) in [5.74, 6) is -0.525. The number of nitrogens with zero attached hydrogens (tertiary/aromatic N) is 1. The van der Waals surface area contributed by atoms with E-state index in [-0.39, 0.29) is 22.4 Å². The summed E-state index contributed by atoms with van der Waals surface area (Å²) in [6, 6.07) is 5.84. The largest absolute Gasteiger partial charge is 0.449 e. The third kappa shape index (κ3) is 5.40. The molecule has 2 aliphatic rings. The van der Waals surface area contributed by atoms with Gasteiger partial charge in [0.05, 0.1) is 10.5 Å². The lowest BCUT2D eigenvalue weighted by Crippen LogP contribution is -2.45. The predicted octanol–water partition coefficient (Wildman–Crippen LogP) is 3.10. The van der Waals surface area contributed by atoms with Crippen molar-refractivity contribution in [3.8, 4) is 0 Å². The van der Waals surface area contributed by atoms with Gasteiger partial charge in [-0.25, -0.2) is 13.2 Å². The first-order valence-electron chi connectivity index (χ1n) is 10.9. The molecule has 1 saturated carbocycles. The summed E-state index contributed by atoms with van der Waals surface area (Å²) < 4.78 is 32.2. The zero-order valence-corrected chi connectivity index (χ0v) is 18.6. The molecule has 3 rings (SSSR count). The summed E-state index contributed by atoms with van der Waals surface area (Å²) in [5.41, 5.74) is 0.221. The first-order chi connectivity index (χ1) is 14.3. The quantitative estimate of drug-likeness (QED) is 0.692. The van der Waals surface area contributed by atoms with Crippen LogP contribution in [0.1, 0.15) is 69.2 Å². The first-order valence-corrected chi connectivity index (χ1v) is 12.3. The van der Waals surface area contributed by atoms with Gasteiger partial charge >= 0.3 is 5.97 Å². The van der Waals surface area contributed by atoms with Gasteiger partial charge in [0.25, 0.3) is 5.91 Å². The SMILES string of the molecule is C[C@@H]1CCCC[C@@H]1NC(=O)[C@@H](C)OC(=O)c1ccc(S(=O)(=O)N2CCCCC2)cc1. The summed E-state index contributed by atoms with van der Waals surface area (Å²) in [6.45, 7) is 4.73. The molecule has 166 valence electrons. The molecule has 0 unspecified atom stereocenters. The van der Waals surface area contributed by atoms with Gasteiger partial charge in [0.15, 0.2) is 6.10 Å². The van der Waals surface area contributed by atoms with Crippen molar-refractivity contribution in [2.45, 2.75) is 75.8 Å². The van der Waals surface area contributed by atoms with Crippen LogP contribution >= 0.6 is 0 Å². The molecule has 0 aromatic heterocycles. The Morgan fingerprint density at radius 1 is 1.03 bits per heavy atom.